The Labute approximate surface area is 109 Å². The summed E-state index contributed by atoms with van der Waals surface area (Å²) in [5, 5.41) is 9.21. The Balaban J connectivity index is 1.89. The zero-order chi connectivity index (χ0) is 13.3. The molecule has 0 aromatic carbocycles. The first kappa shape index (κ1) is 13.6. The molecule has 0 bridgehead atoms. The maximum absolute atomic E-state index is 12.0. The minimum atomic E-state index is -0.433. The number of amides is 1. The Morgan fingerprint density at radius 3 is 2.67 bits per heavy atom. The van der Waals surface area contributed by atoms with Crippen LogP contribution in [0.5, 0.6) is 0 Å². The fourth-order valence-corrected chi connectivity index (χ4v) is 2.77. The molecule has 104 valence electrons. The van der Waals surface area contributed by atoms with Crippen LogP contribution in [0.1, 0.15) is 27.2 Å². The normalized spacial score (nSPS) is 29.2. The van der Waals surface area contributed by atoms with Gasteiger partial charge in [0.2, 0.25) is 0 Å². The molecule has 2 aliphatic rings. The van der Waals surface area contributed by atoms with Gasteiger partial charge in [-0.1, -0.05) is 0 Å². The number of fused-ring (bicyclic) bond motifs is 1. The molecule has 1 N–H and O–H groups in total. The van der Waals surface area contributed by atoms with Crippen molar-refractivity contribution in [1.29, 1.82) is 0 Å². The number of hydrogen-bond acceptors (Lipinski definition) is 4. The number of rotatable bonds is 1. The summed E-state index contributed by atoms with van der Waals surface area (Å²) in [6.07, 6.45) is 0.769. The van der Waals surface area contributed by atoms with E-state index in [1.54, 1.807) is 4.90 Å². The Morgan fingerprint density at radius 2 is 2.06 bits per heavy atom. The highest BCUT2D eigenvalue weighted by atomic mass is 16.6. The second-order valence-electron chi connectivity index (χ2n) is 6.36. The minimum Gasteiger partial charge on any atom is -0.444 e. The molecule has 0 radical (unpaired) electrons. The number of carbonyl (C=O) groups excluding carboxylic acids is 1. The van der Waals surface area contributed by atoms with Gasteiger partial charge in [0.25, 0.3) is 0 Å². The molecular formula is C13H24N2O3. The molecular weight excluding hydrogens is 232 g/mol. The highest BCUT2D eigenvalue weighted by Gasteiger charge is 2.38. The topological polar surface area (TPSA) is 53.0 Å². The van der Waals surface area contributed by atoms with E-state index in [2.05, 4.69) is 4.90 Å². The van der Waals surface area contributed by atoms with Crippen molar-refractivity contribution in [2.24, 2.45) is 5.92 Å². The van der Waals surface area contributed by atoms with Gasteiger partial charge in [0.15, 0.2) is 0 Å². The largest absolute Gasteiger partial charge is 0.444 e. The van der Waals surface area contributed by atoms with E-state index in [1.807, 2.05) is 20.8 Å². The summed E-state index contributed by atoms with van der Waals surface area (Å²) in [5.41, 5.74) is -0.433. The van der Waals surface area contributed by atoms with Crippen molar-refractivity contribution in [2.75, 3.05) is 32.8 Å². The fourth-order valence-electron chi connectivity index (χ4n) is 2.77. The molecule has 18 heavy (non-hydrogen) atoms. The van der Waals surface area contributed by atoms with Crippen LogP contribution in [-0.4, -0.2) is 65.4 Å². The average Bonchev–Trinajstić information content (AvgIpc) is 2.68. The third-order valence-corrected chi connectivity index (χ3v) is 3.61. The molecule has 2 fully saturated rings. The van der Waals surface area contributed by atoms with Gasteiger partial charge in [-0.2, -0.15) is 0 Å². The quantitative estimate of drug-likeness (QED) is 0.758. The molecule has 0 saturated carbocycles. The summed E-state index contributed by atoms with van der Waals surface area (Å²) in [7, 11) is 0. The molecule has 2 atom stereocenters. The van der Waals surface area contributed by atoms with Crippen molar-refractivity contribution >= 4 is 6.09 Å². The van der Waals surface area contributed by atoms with Gasteiger partial charge in [0.05, 0.1) is 0 Å². The van der Waals surface area contributed by atoms with Gasteiger partial charge in [-0.25, -0.2) is 4.79 Å². The highest BCUT2D eigenvalue weighted by molar-refractivity contribution is 5.68. The molecule has 2 aliphatic heterocycles. The SMILES string of the molecule is CC(C)(C)OC(=O)N1CCN2C[C@H](CO)C[C@@H]2C1. The van der Waals surface area contributed by atoms with E-state index in [1.165, 1.54) is 0 Å². The van der Waals surface area contributed by atoms with E-state index in [4.69, 9.17) is 4.74 Å². The summed E-state index contributed by atoms with van der Waals surface area (Å²) < 4.78 is 5.40. The maximum Gasteiger partial charge on any atom is 0.410 e. The van der Waals surface area contributed by atoms with Gasteiger partial charge >= 0.3 is 6.09 Å². The number of nitrogens with zero attached hydrogens (tertiary/aromatic N) is 2. The zero-order valence-corrected chi connectivity index (χ0v) is 11.6. The van der Waals surface area contributed by atoms with Crippen LogP contribution in [0.15, 0.2) is 0 Å². The monoisotopic (exact) mass is 256 g/mol. The molecule has 2 saturated heterocycles. The second-order valence-corrected chi connectivity index (χ2v) is 6.36. The smallest absolute Gasteiger partial charge is 0.410 e. The van der Waals surface area contributed by atoms with Crippen LogP contribution >= 0.6 is 0 Å². The standard InChI is InChI=1S/C13H24N2O3/c1-13(2,3)18-12(17)15-5-4-14-7-10(9-16)6-11(14)8-15/h10-11,16H,4-9H2,1-3H3/t10-,11-/m1/s1. The van der Waals surface area contributed by atoms with Crippen molar-refractivity contribution in [3.8, 4) is 0 Å². The van der Waals surface area contributed by atoms with Gasteiger partial charge in [0.1, 0.15) is 5.60 Å². The first-order chi connectivity index (χ1) is 8.39. The van der Waals surface area contributed by atoms with Crippen molar-refractivity contribution in [2.45, 2.75) is 38.8 Å². The van der Waals surface area contributed by atoms with Crippen molar-refractivity contribution in [1.82, 2.24) is 9.80 Å². The van der Waals surface area contributed by atoms with Gasteiger partial charge < -0.3 is 14.7 Å². The minimum absolute atomic E-state index is 0.213. The third kappa shape index (κ3) is 3.14. The molecule has 2 rings (SSSR count). The van der Waals surface area contributed by atoms with Crippen LogP contribution in [0.3, 0.4) is 0 Å². The average molecular weight is 256 g/mol. The van der Waals surface area contributed by atoms with Crippen molar-refractivity contribution in [3.05, 3.63) is 0 Å². The molecule has 5 heteroatoms. The fraction of sp³-hybridized carbons (Fsp3) is 0.923. The molecule has 0 aromatic rings. The summed E-state index contributed by atoms with van der Waals surface area (Å²) in [6.45, 7) is 9.22. The lowest BCUT2D eigenvalue weighted by molar-refractivity contribution is 0.00921. The first-order valence-electron chi connectivity index (χ1n) is 6.72. The lowest BCUT2D eigenvalue weighted by Gasteiger charge is -2.37. The van der Waals surface area contributed by atoms with Crippen LogP contribution in [0.2, 0.25) is 0 Å². The van der Waals surface area contributed by atoms with E-state index in [0.717, 1.165) is 32.6 Å². The molecule has 0 aromatic heterocycles. The number of piperazine rings is 1. The summed E-state index contributed by atoms with van der Waals surface area (Å²) in [4.78, 5) is 16.2. The maximum atomic E-state index is 12.0. The molecule has 0 spiro atoms. The molecule has 0 unspecified atom stereocenters. The number of carbonyl (C=O) groups is 1. The van der Waals surface area contributed by atoms with E-state index in [-0.39, 0.29) is 12.7 Å². The molecule has 1 amide bonds. The lowest BCUT2D eigenvalue weighted by atomic mass is 10.1. The van der Waals surface area contributed by atoms with Gasteiger partial charge in [-0.3, -0.25) is 4.90 Å². The number of ether oxygens (including phenoxy) is 1. The van der Waals surface area contributed by atoms with Crippen LogP contribution in [-0.2, 0) is 4.74 Å². The molecule has 2 heterocycles. The zero-order valence-electron chi connectivity index (χ0n) is 11.6. The van der Waals surface area contributed by atoms with Crippen molar-refractivity contribution in [3.63, 3.8) is 0 Å². The second kappa shape index (κ2) is 5.05. The number of aliphatic hydroxyl groups excluding tert-OH is 1. The number of hydrogen-bond donors (Lipinski definition) is 1. The Hall–Kier alpha value is -0.810. The Bertz CT molecular complexity index is 314. The summed E-state index contributed by atoms with van der Waals surface area (Å²) >= 11 is 0. The first-order valence-corrected chi connectivity index (χ1v) is 6.72. The molecule has 5 nitrogen and oxygen atoms in total. The van der Waals surface area contributed by atoms with Gasteiger partial charge in [0, 0.05) is 38.8 Å². The van der Waals surface area contributed by atoms with E-state index < -0.39 is 5.60 Å². The van der Waals surface area contributed by atoms with E-state index >= 15 is 0 Å². The third-order valence-electron chi connectivity index (χ3n) is 3.61. The summed E-state index contributed by atoms with van der Waals surface area (Å²) in [6, 6.07) is 0.392. The lowest BCUT2D eigenvalue weighted by Crippen LogP contribution is -2.53. The Morgan fingerprint density at radius 1 is 1.33 bits per heavy atom. The van der Waals surface area contributed by atoms with Crippen LogP contribution in [0.4, 0.5) is 4.79 Å². The van der Waals surface area contributed by atoms with Gasteiger partial charge in [-0.15, -0.1) is 0 Å². The van der Waals surface area contributed by atoms with Crippen molar-refractivity contribution < 1.29 is 14.6 Å². The van der Waals surface area contributed by atoms with Gasteiger partial charge in [-0.05, 0) is 33.1 Å². The highest BCUT2D eigenvalue weighted by Crippen LogP contribution is 2.26. The predicted octanol–water partition coefficient (Wildman–Crippen LogP) is 0.920. The Kier molecular flexibility index (Phi) is 3.82. The molecule has 0 aliphatic carbocycles. The van der Waals surface area contributed by atoms with E-state index in [9.17, 15) is 9.90 Å². The van der Waals surface area contributed by atoms with Crippen LogP contribution < -0.4 is 0 Å². The number of aliphatic hydroxyl groups is 1. The predicted molar refractivity (Wildman–Crippen MR) is 68.4 cm³/mol. The van der Waals surface area contributed by atoms with E-state index in [0.29, 0.717) is 12.0 Å². The van der Waals surface area contributed by atoms with Crippen LogP contribution in [0, 0.1) is 5.92 Å². The summed E-state index contributed by atoms with van der Waals surface area (Å²) in [5.74, 6) is 0.369. The van der Waals surface area contributed by atoms with Crippen LogP contribution in [0.25, 0.3) is 0 Å².